The summed E-state index contributed by atoms with van der Waals surface area (Å²) in [4.78, 5) is 12.7. The average Bonchev–Trinajstić information content (AvgIpc) is 2.45. The second-order valence-electron chi connectivity index (χ2n) is 4.55. The number of benzene rings is 1. The van der Waals surface area contributed by atoms with E-state index in [1.807, 2.05) is 32.2 Å². The molecular formula is C14H23N2O3+. The van der Waals surface area contributed by atoms with E-state index in [1.54, 1.807) is 21.3 Å². The van der Waals surface area contributed by atoms with Crippen LogP contribution in [0.4, 0.5) is 0 Å². The van der Waals surface area contributed by atoms with Gasteiger partial charge in [0.15, 0.2) is 17.5 Å². The van der Waals surface area contributed by atoms with Gasteiger partial charge in [-0.15, -0.1) is 0 Å². The molecule has 0 saturated carbocycles. The maximum atomic E-state index is 11.6. The first kappa shape index (κ1) is 15.3. The van der Waals surface area contributed by atoms with E-state index in [0.29, 0.717) is 11.5 Å². The highest BCUT2D eigenvalue weighted by atomic mass is 16.5. The molecule has 1 unspecified atom stereocenters. The number of nitrogens with one attached hydrogen (secondary N) is 2. The molecule has 0 bridgehead atoms. The zero-order valence-electron chi connectivity index (χ0n) is 12.2. The van der Waals surface area contributed by atoms with Crippen molar-refractivity contribution >= 4 is 5.91 Å². The molecule has 0 aromatic heterocycles. The molecule has 1 aromatic rings. The largest absolute Gasteiger partial charge is 0.493 e. The molecule has 19 heavy (non-hydrogen) atoms. The Morgan fingerprint density at radius 3 is 2.47 bits per heavy atom. The number of rotatable bonds is 6. The number of quaternary nitrogens is 1. The Kier molecular flexibility index (Phi) is 5.63. The van der Waals surface area contributed by atoms with Crippen LogP contribution in [0.25, 0.3) is 0 Å². The monoisotopic (exact) mass is 267 g/mol. The molecule has 1 amide bonds. The molecule has 106 valence electrons. The SMILES string of the molecule is CNC(=O)[C@@H](C)[NH+](C)Cc1ccc(OC)c(OC)c1. The molecule has 0 spiro atoms. The predicted octanol–water partition coefficient (Wildman–Crippen LogP) is -0.147. The van der Waals surface area contributed by atoms with Crippen LogP contribution in [-0.4, -0.2) is 40.3 Å². The van der Waals surface area contributed by atoms with Crippen LogP contribution in [-0.2, 0) is 11.3 Å². The molecule has 0 saturated heterocycles. The van der Waals surface area contributed by atoms with Crippen LogP contribution >= 0.6 is 0 Å². The summed E-state index contributed by atoms with van der Waals surface area (Å²) in [6.45, 7) is 2.66. The van der Waals surface area contributed by atoms with Crippen LogP contribution in [0, 0.1) is 0 Å². The Morgan fingerprint density at radius 2 is 1.95 bits per heavy atom. The summed E-state index contributed by atoms with van der Waals surface area (Å²) in [6.07, 6.45) is 0. The van der Waals surface area contributed by atoms with Crippen molar-refractivity contribution in [3.63, 3.8) is 0 Å². The van der Waals surface area contributed by atoms with Gasteiger partial charge in [0.05, 0.1) is 21.3 Å². The lowest BCUT2D eigenvalue weighted by atomic mass is 10.1. The maximum absolute atomic E-state index is 11.6. The van der Waals surface area contributed by atoms with Gasteiger partial charge in [-0.2, -0.15) is 0 Å². The molecule has 0 aliphatic rings. The summed E-state index contributed by atoms with van der Waals surface area (Å²) in [5, 5.41) is 2.67. The topological polar surface area (TPSA) is 52.0 Å². The van der Waals surface area contributed by atoms with E-state index in [2.05, 4.69) is 5.32 Å². The van der Waals surface area contributed by atoms with Gasteiger partial charge >= 0.3 is 0 Å². The van der Waals surface area contributed by atoms with Gasteiger partial charge in [-0.1, -0.05) is 0 Å². The maximum Gasteiger partial charge on any atom is 0.277 e. The molecule has 5 heteroatoms. The normalized spacial score (nSPS) is 13.5. The first-order valence-corrected chi connectivity index (χ1v) is 6.28. The summed E-state index contributed by atoms with van der Waals surface area (Å²) < 4.78 is 10.5. The lowest BCUT2D eigenvalue weighted by Crippen LogP contribution is -3.12. The summed E-state index contributed by atoms with van der Waals surface area (Å²) in [5.74, 6) is 1.46. The van der Waals surface area contributed by atoms with E-state index in [-0.39, 0.29) is 11.9 Å². The van der Waals surface area contributed by atoms with Gasteiger partial charge in [-0.05, 0) is 25.1 Å². The standard InChI is InChI=1S/C14H22N2O3/c1-10(14(17)15-2)16(3)9-11-6-7-12(18-4)13(8-11)19-5/h6-8,10H,9H2,1-5H3,(H,15,17)/p+1/t10-/m1/s1. The third-order valence-electron chi connectivity index (χ3n) is 3.31. The summed E-state index contributed by atoms with van der Waals surface area (Å²) >= 11 is 0. The Labute approximate surface area is 114 Å². The number of amides is 1. The van der Waals surface area contributed by atoms with Gasteiger partial charge in [0, 0.05) is 12.6 Å². The van der Waals surface area contributed by atoms with Crippen molar-refractivity contribution in [2.24, 2.45) is 0 Å². The number of hydrogen-bond acceptors (Lipinski definition) is 3. The van der Waals surface area contributed by atoms with E-state index in [4.69, 9.17) is 9.47 Å². The molecular weight excluding hydrogens is 244 g/mol. The highest BCUT2D eigenvalue weighted by Crippen LogP contribution is 2.27. The van der Waals surface area contributed by atoms with Crippen molar-refractivity contribution in [3.8, 4) is 11.5 Å². The average molecular weight is 267 g/mol. The number of carbonyl (C=O) groups is 1. The molecule has 0 aliphatic carbocycles. The highest BCUT2D eigenvalue weighted by Gasteiger charge is 2.20. The van der Waals surface area contributed by atoms with Crippen LogP contribution in [0.15, 0.2) is 18.2 Å². The Hall–Kier alpha value is -1.75. The van der Waals surface area contributed by atoms with Gasteiger partial charge in [0.25, 0.3) is 5.91 Å². The molecule has 1 rings (SSSR count). The van der Waals surface area contributed by atoms with Crippen LogP contribution in [0.2, 0.25) is 0 Å². The predicted molar refractivity (Wildman–Crippen MR) is 73.7 cm³/mol. The molecule has 0 aliphatic heterocycles. The van der Waals surface area contributed by atoms with Gasteiger partial charge in [-0.3, -0.25) is 4.79 Å². The van der Waals surface area contributed by atoms with Crippen molar-refractivity contribution < 1.29 is 19.2 Å². The third kappa shape index (κ3) is 3.86. The highest BCUT2D eigenvalue weighted by molar-refractivity contribution is 5.79. The van der Waals surface area contributed by atoms with E-state index in [9.17, 15) is 4.79 Å². The number of ether oxygens (including phenoxy) is 2. The lowest BCUT2D eigenvalue weighted by molar-refractivity contribution is -0.908. The fourth-order valence-corrected chi connectivity index (χ4v) is 1.91. The van der Waals surface area contributed by atoms with Crippen LogP contribution < -0.4 is 19.7 Å². The van der Waals surface area contributed by atoms with Gasteiger partial charge < -0.3 is 19.7 Å². The van der Waals surface area contributed by atoms with Crippen molar-refractivity contribution in [1.29, 1.82) is 0 Å². The summed E-state index contributed by atoms with van der Waals surface area (Å²) in [7, 11) is 6.88. The number of carbonyl (C=O) groups excluding carboxylic acids is 1. The van der Waals surface area contributed by atoms with Crippen LogP contribution in [0.5, 0.6) is 11.5 Å². The zero-order chi connectivity index (χ0) is 14.4. The molecule has 0 fully saturated rings. The Bertz CT molecular complexity index is 435. The minimum Gasteiger partial charge on any atom is -0.493 e. The zero-order valence-corrected chi connectivity index (χ0v) is 12.2. The van der Waals surface area contributed by atoms with Crippen molar-refractivity contribution in [1.82, 2.24) is 5.32 Å². The second kappa shape index (κ2) is 6.99. The van der Waals surface area contributed by atoms with E-state index in [1.165, 1.54) is 0 Å². The summed E-state index contributed by atoms with van der Waals surface area (Å²) in [6, 6.07) is 5.71. The van der Waals surface area contributed by atoms with Crippen molar-refractivity contribution in [2.45, 2.75) is 19.5 Å². The van der Waals surface area contributed by atoms with Gasteiger partial charge in [0.1, 0.15) is 6.54 Å². The first-order chi connectivity index (χ1) is 9.03. The Morgan fingerprint density at radius 1 is 1.32 bits per heavy atom. The van der Waals surface area contributed by atoms with Crippen LogP contribution in [0.3, 0.4) is 0 Å². The second-order valence-corrected chi connectivity index (χ2v) is 4.55. The quantitative estimate of drug-likeness (QED) is 0.754. The molecule has 0 heterocycles. The fourth-order valence-electron chi connectivity index (χ4n) is 1.91. The lowest BCUT2D eigenvalue weighted by Gasteiger charge is -2.20. The minimum atomic E-state index is -0.0990. The number of likely N-dealkylation sites (N-methyl/N-ethyl adjacent to an activating group) is 2. The first-order valence-electron chi connectivity index (χ1n) is 6.28. The fraction of sp³-hybridized carbons (Fsp3) is 0.500. The molecule has 2 N–H and O–H groups in total. The number of hydrogen-bond donors (Lipinski definition) is 2. The van der Waals surface area contributed by atoms with Crippen LogP contribution in [0.1, 0.15) is 12.5 Å². The molecule has 2 atom stereocenters. The molecule has 1 aromatic carbocycles. The van der Waals surface area contributed by atoms with E-state index >= 15 is 0 Å². The molecule has 5 nitrogen and oxygen atoms in total. The van der Waals surface area contributed by atoms with Crippen molar-refractivity contribution in [2.75, 3.05) is 28.3 Å². The van der Waals surface area contributed by atoms with Crippen molar-refractivity contribution in [3.05, 3.63) is 23.8 Å². The summed E-state index contributed by atoms with van der Waals surface area (Å²) in [5.41, 5.74) is 1.10. The minimum absolute atomic E-state index is 0.0398. The van der Waals surface area contributed by atoms with E-state index in [0.717, 1.165) is 17.0 Å². The van der Waals surface area contributed by atoms with Gasteiger partial charge in [0.2, 0.25) is 0 Å². The third-order valence-corrected chi connectivity index (χ3v) is 3.31. The van der Waals surface area contributed by atoms with Gasteiger partial charge in [-0.25, -0.2) is 0 Å². The molecule has 0 radical (unpaired) electrons. The Balaban J connectivity index is 2.79. The number of methoxy groups -OCH3 is 2. The van der Waals surface area contributed by atoms with E-state index < -0.39 is 0 Å². The smallest absolute Gasteiger partial charge is 0.277 e.